The van der Waals surface area contributed by atoms with Crippen LogP contribution in [0.3, 0.4) is 0 Å². The number of aromatic nitrogens is 2. The molecule has 1 N–H and O–H groups in total. The second-order valence-electron chi connectivity index (χ2n) is 16.0. The Hall–Kier alpha value is -4.27. The molecule has 0 unspecified atom stereocenters. The molecule has 0 fully saturated rings. The van der Waals surface area contributed by atoms with Crippen LogP contribution in [0.2, 0.25) is 0 Å². The van der Waals surface area contributed by atoms with Crippen LogP contribution >= 0.6 is 0 Å². The van der Waals surface area contributed by atoms with E-state index in [0.29, 0.717) is 5.52 Å². The van der Waals surface area contributed by atoms with Gasteiger partial charge in [-0.25, -0.2) is 4.98 Å². The average Bonchev–Trinajstić information content (AvgIpc) is 3.06. The molecule has 9 rings (SSSR count). The fourth-order valence-electron chi connectivity index (χ4n) is 9.08. The number of phenolic OH excluding ortho intramolecular Hbond substituents is 1. The maximum Gasteiger partial charge on any atom is 0.140 e. The minimum atomic E-state index is -0.301. The number of rotatable bonds is 2. The molecule has 248 valence electrons. The van der Waals surface area contributed by atoms with Crippen molar-refractivity contribution in [1.29, 1.82) is 0 Å². The molecule has 2 aromatic heterocycles. The third-order valence-electron chi connectivity index (χ3n) is 12.4. The largest absolute Gasteiger partial charge is 0.506 e. The van der Waals surface area contributed by atoms with E-state index in [2.05, 4.69) is 133 Å². The predicted octanol–water partition coefficient (Wildman–Crippen LogP) is 10.8. The van der Waals surface area contributed by atoms with Crippen LogP contribution in [0.4, 0.5) is 17.2 Å². The van der Waals surface area contributed by atoms with Gasteiger partial charge in [-0.3, -0.25) is 4.98 Å². The number of aromatic hydroxyl groups is 1. The standard InChI is InChI=1S/C44H40N3O.Pt/c1-41(2)26-14-9-10-17-31(26)47(34-18-11-12-23-45-34)32-24-25(19-20-27(32)41)39-38-37-35-28(15-13-16-30(35)43(5,6)44(38,7)8)42(3,4)29-21-22-33(48)40(46-39)36(29)37;/h9-23,48H,1-8H3;/q-1;. The van der Waals surface area contributed by atoms with Crippen LogP contribution in [0.1, 0.15) is 88.8 Å². The topological polar surface area (TPSA) is 49.3 Å². The van der Waals surface area contributed by atoms with Crippen LogP contribution in [0.5, 0.6) is 5.75 Å². The van der Waals surface area contributed by atoms with Crippen molar-refractivity contribution < 1.29 is 26.2 Å². The molecule has 0 bridgehead atoms. The van der Waals surface area contributed by atoms with E-state index in [-0.39, 0.29) is 48.5 Å². The number of fused-ring (bicyclic) bond motifs is 2. The molecule has 4 aromatic carbocycles. The van der Waals surface area contributed by atoms with Crippen LogP contribution in [0.25, 0.3) is 33.3 Å². The van der Waals surface area contributed by atoms with Gasteiger partial charge in [-0.1, -0.05) is 109 Å². The molecule has 1 aliphatic heterocycles. The molecular formula is C44H40N3OPt-. The Morgan fingerprint density at radius 2 is 1.31 bits per heavy atom. The Bertz CT molecular complexity index is 2370. The van der Waals surface area contributed by atoms with E-state index < -0.39 is 0 Å². The second kappa shape index (κ2) is 10.1. The summed E-state index contributed by atoms with van der Waals surface area (Å²) in [6.45, 7) is 18.7. The summed E-state index contributed by atoms with van der Waals surface area (Å²) in [6, 6.07) is 33.9. The third-order valence-corrected chi connectivity index (χ3v) is 12.4. The third kappa shape index (κ3) is 3.90. The quantitative estimate of drug-likeness (QED) is 0.177. The molecule has 5 heteroatoms. The maximum atomic E-state index is 11.5. The molecule has 0 saturated heterocycles. The summed E-state index contributed by atoms with van der Waals surface area (Å²) in [5.41, 5.74) is 13.6. The minimum Gasteiger partial charge on any atom is -0.506 e. The van der Waals surface area contributed by atoms with E-state index in [9.17, 15) is 5.11 Å². The van der Waals surface area contributed by atoms with E-state index in [1.807, 2.05) is 24.4 Å². The van der Waals surface area contributed by atoms with Gasteiger partial charge < -0.3 is 10.0 Å². The molecule has 4 nitrogen and oxygen atoms in total. The number of anilines is 3. The van der Waals surface area contributed by atoms with Gasteiger partial charge in [-0.15, -0.1) is 23.8 Å². The summed E-state index contributed by atoms with van der Waals surface area (Å²) in [5.74, 6) is 1.06. The Balaban J connectivity index is 0.00000348. The van der Waals surface area contributed by atoms with E-state index in [0.717, 1.165) is 33.8 Å². The van der Waals surface area contributed by atoms with Gasteiger partial charge >= 0.3 is 0 Å². The smallest absolute Gasteiger partial charge is 0.140 e. The van der Waals surface area contributed by atoms with E-state index in [1.165, 1.54) is 44.5 Å². The summed E-state index contributed by atoms with van der Waals surface area (Å²) >= 11 is 0. The first-order valence-corrected chi connectivity index (χ1v) is 17.0. The first kappa shape index (κ1) is 32.0. The average molecular weight is 822 g/mol. The molecule has 6 aromatic rings. The fourth-order valence-corrected chi connectivity index (χ4v) is 9.08. The van der Waals surface area contributed by atoms with Crippen LogP contribution in [-0.2, 0) is 42.7 Å². The molecule has 0 saturated carbocycles. The predicted molar refractivity (Wildman–Crippen MR) is 196 cm³/mol. The van der Waals surface area contributed by atoms with Gasteiger partial charge in [0.05, 0.1) is 0 Å². The molecule has 0 atom stereocenters. The number of nitrogens with zero attached hydrogens (tertiary/aromatic N) is 3. The van der Waals surface area contributed by atoms with Gasteiger partial charge in [0, 0.05) is 43.8 Å². The van der Waals surface area contributed by atoms with Crippen molar-refractivity contribution in [3.05, 3.63) is 131 Å². The van der Waals surface area contributed by atoms with Gasteiger partial charge in [0.25, 0.3) is 0 Å². The Kier molecular flexibility index (Phi) is 6.61. The number of benzene rings is 4. The summed E-state index contributed by atoms with van der Waals surface area (Å²) < 4.78 is 0. The van der Waals surface area contributed by atoms with Gasteiger partial charge in [-0.2, -0.15) is 0 Å². The number of phenols is 1. The summed E-state index contributed by atoms with van der Waals surface area (Å²) in [6.07, 6.45) is 1.85. The zero-order chi connectivity index (χ0) is 33.5. The van der Waals surface area contributed by atoms with E-state index >= 15 is 0 Å². The first-order valence-electron chi connectivity index (χ1n) is 17.0. The first-order chi connectivity index (χ1) is 22.8. The molecule has 49 heavy (non-hydrogen) atoms. The molecule has 3 heterocycles. The number of hydrogen-bond donors (Lipinski definition) is 1. The maximum absolute atomic E-state index is 11.5. The molecule has 0 spiro atoms. The van der Waals surface area contributed by atoms with Crippen LogP contribution in [-0.4, -0.2) is 15.1 Å². The zero-order valence-corrected chi connectivity index (χ0v) is 31.5. The Morgan fingerprint density at radius 3 is 2.06 bits per heavy atom. The minimum absolute atomic E-state index is 0. The number of para-hydroxylation sites is 1. The van der Waals surface area contributed by atoms with Gasteiger partial charge in [0.15, 0.2) is 0 Å². The number of pyridine rings is 2. The second-order valence-corrected chi connectivity index (χ2v) is 16.0. The Morgan fingerprint density at radius 1 is 0.633 bits per heavy atom. The number of hydrogen-bond acceptors (Lipinski definition) is 4. The van der Waals surface area contributed by atoms with Crippen LogP contribution in [0, 0.1) is 6.07 Å². The van der Waals surface area contributed by atoms with E-state index in [1.54, 1.807) is 0 Å². The SMILES string of the molecule is CC1(C)c2ccc(-c3nc4c(O)ccc5c4c4c3C(C)(C)C(C)(C)c3cccc(c3-4)C5(C)C)[c-]c2N(c2ccccn2)c2ccccc21.[Pt]. The summed E-state index contributed by atoms with van der Waals surface area (Å²) in [5, 5.41) is 12.6. The van der Waals surface area contributed by atoms with E-state index in [4.69, 9.17) is 9.97 Å². The molecule has 3 aliphatic rings. The molecule has 0 amide bonds. The Labute approximate surface area is 303 Å². The van der Waals surface area contributed by atoms with Crippen molar-refractivity contribution in [1.82, 2.24) is 9.97 Å². The normalized spacial score (nSPS) is 17.9. The molecular weight excluding hydrogens is 782 g/mol. The summed E-state index contributed by atoms with van der Waals surface area (Å²) in [7, 11) is 0. The van der Waals surface area contributed by atoms with Gasteiger partial charge in [0.2, 0.25) is 0 Å². The van der Waals surface area contributed by atoms with Crippen molar-refractivity contribution in [3.63, 3.8) is 0 Å². The van der Waals surface area contributed by atoms with Crippen LogP contribution < -0.4 is 4.90 Å². The summed E-state index contributed by atoms with van der Waals surface area (Å²) in [4.78, 5) is 12.5. The van der Waals surface area contributed by atoms with Crippen molar-refractivity contribution in [3.8, 4) is 28.1 Å². The fraction of sp³-hybridized carbons (Fsp3) is 0.273. The molecule has 2 aliphatic carbocycles. The van der Waals surface area contributed by atoms with Crippen molar-refractivity contribution in [2.45, 2.75) is 77.0 Å². The van der Waals surface area contributed by atoms with Gasteiger partial charge in [-0.05, 0) is 90.8 Å². The monoisotopic (exact) mass is 821 g/mol. The van der Waals surface area contributed by atoms with Crippen LogP contribution in [0.15, 0.2) is 91.1 Å². The zero-order valence-electron chi connectivity index (χ0n) is 29.3. The molecule has 0 radical (unpaired) electrons. The van der Waals surface area contributed by atoms with Crippen molar-refractivity contribution in [2.75, 3.05) is 4.90 Å². The van der Waals surface area contributed by atoms with Gasteiger partial charge in [0.1, 0.15) is 17.1 Å². The van der Waals surface area contributed by atoms with Crippen molar-refractivity contribution in [2.24, 2.45) is 0 Å². The van der Waals surface area contributed by atoms with Crippen molar-refractivity contribution >= 4 is 28.1 Å².